The zero-order valence-corrected chi connectivity index (χ0v) is 21.0. The van der Waals surface area contributed by atoms with Crippen molar-refractivity contribution in [1.82, 2.24) is 4.90 Å². The van der Waals surface area contributed by atoms with Crippen LogP contribution in [0, 0.1) is 17.2 Å². The minimum absolute atomic E-state index is 0.00584. The number of nitriles is 1. The first-order valence-electron chi connectivity index (χ1n) is 12.0. The highest BCUT2D eigenvalue weighted by molar-refractivity contribution is 7.80. The van der Waals surface area contributed by atoms with Crippen LogP contribution < -0.4 is 10.1 Å². The Kier molecular flexibility index (Phi) is 7.70. The van der Waals surface area contributed by atoms with E-state index in [1.54, 1.807) is 12.1 Å². The number of thiocarbonyl (C=S) groups is 1. The number of aliphatic hydroxyl groups is 1. The van der Waals surface area contributed by atoms with Gasteiger partial charge in [-0.2, -0.15) is 5.26 Å². The van der Waals surface area contributed by atoms with E-state index < -0.39 is 5.60 Å². The Balaban J connectivity index is 1.46. The number of piperidine rings is 1. The summed E-state index contributed by atoms with van der Waals surface area (Å²) in [7, 11) is 0. The minimum atomic E-state index is -1.06. The molecule has 1 heterocycles. The first kappa shape index (κ1) is 24.7. The lowest BCUT2D eigenvalue weighted by molar-refractivity contribution is -0.00631. The van der Waals surface area contributed by atoms with Crippen molar-refractivity contribution in [2.45, 2.75) is 38.4 Å². The summed E-state index contributed by atoms with van der Waals surface area (Å²) in [5, 5.41) is 25.5. The Labute approximate surface area is 213 Å². The molecule has 4 rings (SSSR count). The molecule has 0 aromatic heterocycles. The summed E-state index contributed by atoms with van der Waals surface area (Å²) >= 11 is 5.70. The average molecular weight is 486 g/mol. The molecule has 0 unspecified atom stereocenters. The molecule has 2 N–H and O–H groups in total. The van der Waals surface area contributed by atoms with Crippen LogP contribution in [0.5, 0.6) is 5.75 Å². The zero-order valence-electron chi connectivity index (χ0n) is 20.1. The van der Waals surface area contributed by atoms with Crippen molar-refractivity contribution in [2.24, 2.45) is 5.92 Å². The maximum Gasteiger partial charge on any atom is 0.173 e. The molecule has 0 amide bonds. The van der Waals surface area contributed by atoms with Gasteiger partial charge in [-0.05, 0) is 74.2 Å². The van der Waals surface area contributed by atoms with Crippen LogP contribution in [0.3, 0.4) is 0 Å². The molecule has 0 spiro atoms. The molecule has 5 nitrogen and oxygen atoms in total. The van der Waals surface area contributed by atoms with E-state index >= 15 is 0 Å². The van der Waals surface area contributed by atoms with Crippen molar-refractivity contribution in [3.63, 3.8) is 0 Å². The number of anilines is 1. The van der Waals surface area contributed by atoms with Gasteiger partial charge in [-0.25, -0.2) is 0 Å². The Bertz CT molecular complexity index is 1140. The molecule has 6 heteroatoms. The average Bonchev–Trinajstić information content (AvgIpc) is 2.90. The quantitative estimate of drug-likeness (QED) is 0.437. The zero-order chi connectivity index (χ0) is 24.8. The molecule has 0 atom stereocenters. The number of hydrogen-bond acceptors (Lipinski definition) is 4. The van der Waals surface area contributed by atoms with Crippen LogP contribution in [0.1, 0.15) is 43.4 Å². The highest BCUT2D eigenvalue weighted by Crippen LogP contribution is 2.42. The monoisotopic (exact) mass is 485 g/mol. The second kappa shape index (κ2) is 10.9. The molecule has 3 aromatic rings. The van der Waals surface area contributed by atoms with Gasteiger partial charge in [-0.3, -0.25) is 0 Å². The SMILES string of the molecule is CC(C)Oc1ccc(NC(=S)N2CCC(C(O)(c3ccccc3)c3ccccc3)CC2)cc1C#N. The second-order valence-corrected chi connectivity index (χ2v) is 9.57. The van der Waals surface area contributed by atoms with Gasteiger partial charge >= 0.3 is 0 Å². The molecular formula is C29H31N3O2S. The lowest BCUT2D eigenvalue weighted by atomic mass is 9.72. The van der Waals surface area contributed by atoms with Crippen LogP contribution in [0.4, 0.5) is 5.69 Å². The fraction of sp³-hybridized carbons (Fsp3) is 0.310. The normalized spacial score (nSPS) is 14.4. The molecule has 0 radical (unpaired) electrons. The lowest BCUT2D eigenvalue weighted by Gasteiger charge is -2.43. The molecule has 1 aliphatic heterocycles. The van der Waals surface area contributed by atoms with Crippen molar-refractivity contribution in [1.29, 1.82) is 5.26 Å². The van der Waals surface area contributed by atoms with Gasteiger partial charge < -0.3 is 20.1 Å². The van der Waals surface area contributed by atoms with Crippen LogP contribution in [-0.4, -0.2) is 34.3 Å². The third-order valence-corrected chi connectivity index (χ3v) is 6.87. The lowest BCUT2D eigenvalue weighted by Crippen LogP contribution is -2.47. The van der Waals surface area contributed by atoms with Crippen LogP contribution in [-0.2, 0) is 5.60 Å². The van der Waals surface area contributed by atoms with E-state index in [0.717, 1.165) is 42.7 Å². The number of benzene rings is 3. The van der Waals surface area contributed by atoms with Crippen molar-refractivity contribution in [3.8, 4) is 11.8 Å². The van der Waals surface area contributed by atoms with Crippen molar-refractivity contribution < 1.29 is 9.84 Å². The van der Waals surface area contributed by atoms with Crippen molar-refractivity contribution in [3.05, 3.63) is 95.6 Å². The van der Waals surface area contributed by atoms with Gasteiger partial charge in [0, 0.05) is 18.8 Å². The Morgan fingerprint density at radius 2 is 1.60 bits per heavy atom. The standard InChI is InChI=1S/C29H31N3O2S/c1-21(2)34-27-14-13-26(19-22(27)20-30)31-28(35)32-17-15-25(16-18-32)29(33,23-9-5-3-6-10-23)24-11-7-4-8-12-24/h3-14,19,21,25,33H,15-18H2,1-2H3,(H,31,35). The number of hydrogen-bond donors (Lipinski definition) is 2. The number of likely N-dealkylation sites (tertiary alicyclic amines) is 1. The summed E-state index contributed by atoms with van der Waals surface area (Å²) in [6, 6.07) is 27.5. The Hall–Kier alpha value is -3.40. The topological polar surface area (TPSA) is 68.5 Å². The van der Waals surface area contributed by atoms with Gasteiger partial charge in [0.1, 0.15) is 17.4 Å². The van der Waals surface area contributed by atoms with Crippen molar-refractivity contribution >= 4 is 23.0 Å². The predicted octanol–water partition coefficient (Wildman–Crippen LogP) is 5.69. The number of ether oxygens (including phenoxy) is 1. The minimum Gasteiger partial charge on any atom is -0.490 e. The Morgan fingerprint density at radius 1 is 1.03 bits per heavy atom. The Morgan fingerprint density at radius 3 is 2.11 bits per heavy atom. The molecule has 0 aliphatic carbocycles. The van der Waals surface area contributed by atoms with Gasteiger partial charge in [0.05, 0.1) is 11.7 Å². The molecule has 0 saturated carbocycles. The fourth-order valence-corrected chi connectivity index (χ4v) is 5.08. The summed E-state index contributed by atoms with van der Waals surface area (Å²) in [4.78, 5) is 2.13. The summed E-state index contributed by atoms with van der Waals surface area (Å²) in [6.45, 7) is 5.34. The smallest absolute Gasteiger partial charge is 0.173 e. The van der Waals surface area contributed by atoms with E-state index in [1.807, 2.05) is 80.6 Å². The number of rotatable bonds is 6. The third-order valence-electron chi connectivity index (χ3n) is 6.51. The highest BCUT2D eigenvalue weighted by atomic mass is 32.1. The van der Waals surface area contributed by atoms with Gasteiger partial charge in [0.25, 0.3) is 0 Å². The second-order valence-electron chi connectivity index (χ2n) is 9.18. The van der Waals surface area contributed by atoms with Gasteiger partial charge in [0.15, 0.2) is 5.11 Å². The van der Waals surface area contributed by atoms with E-state index in [9.17, 15) is 10.4 Å². The number of nitrogens with zero attached hydrogens (tertiary/aromatic N) is 2. The van der Waals surface area contributed by atoms with Gasteiger partial charge in [-0.1, -0.05) is 60.7 Å². The van der Waals surface area contributed by atoms with E-state index in [4.69, 9.17) is 17.0 Å². The van der Waals surface area contributed by atoms with E-state index in [1.165, 1.54) is 0 Å². The first-order chi connectivity index (χ1) is 16.9. The molecule has 180 valence electrons. The van der Waals surface area contributed by atoms with E-state index in [-0.39, 0.29) is 12.0 Å². The molecule has 1 fully saturated rings. The third kappa shape index (κ3) is 5.48. The fourth-order valence-electron chi connectivity index (χ4n) is 4.78. The van der Waals surface area contributed by atoms with Crippen LogP contribution in [0.25, 0.3) is 0 Å². The maximum atomic E-state index is 12.1. The van der Waals surface area contributed by atoms with Gasteiger partial charge in [0.2, 0.25) is 0 Å². The van der Waals surface area contributed by atoms with E-state index in [0.29, 0.717) is 16.4 Å². The summed E-state index contributed by atoms with van der Waals surface area (Å²) in [5.41, 5.74) is 2.00. The maximum absolute atomic E-state index is 12.1. The van der Waals surface area contributed by atoms with Gasteiger partial charge in [-0.15, -0.1) is 0 Å². The molecule has 1 saturated heterocycles. The molecule has 1 aliphatic rings. The molecule has 0 bridgehead atoms. The summed E-state index contributed by atoms with van der Waals surface area (Å²) < 4.78 is 5.71. The largest absolute Gasteiger partial charge is 0.490 e. The van der Waals surface area contributed by atoms with Crippen LogP contribution >= 0.6 is 12.2 Å². The number of nitrogens with one attached hydrogen (secondary N) is 1. The van der Waals surface area contributed by atoms with Crippen LogP contribution in [0.2, 0.25) is 0 Å². The van der Waals surface area contributed by atoms with E-state index in [2.05, 4.69) is 16.3 Å². The highest BCUT2D eigenvalue weighted by Gasteiger charge is 2.41. The summed E-state index contributed by atoms with van der Waals surface area (Å²) in [6.07, 6.45) is 1.59. The van der Waals surface area contributed by atoms with Crippen LogP contribution in [0.15, 0.2) is 78.9 Å². The first-order valence-corrected chi connectivity index (χ1v) is 12.4. The van der Waals surface area contributed by atoms with Crippen molar-refractivity contribution in [2.75, 3.05) is 18.4 Å². The summed E-state index contributed by atoms with van der Waals surface area (Å²) in [5.74, 6) is 0.630. The molecular weight excluding hydrogens is 454 g/mol. The molecule has 3 aromatic carbocycles. The molecule has 35 heavy (non-hydrogen) atoms. The predicted molar refractivity (Wildman–Crippen MR) is 143 cm³/mol.